The fourth-order valence-electron chi connectivity index (χ4n) is 2.06. The number of hydrogen-bond donors (Lipinski definition) is 0. The fourth-order valence-corrected chi connectivity index (χ4v) is 2.06. The molecular weight excluding hydrogens is 172 g/mol. The molecule has 0 saturated heterocycles. The molecule has 0 spiro atoms. The van der Waals surface area contributed by atoms with Crippen molar-refractivity contribution in [1.29, 1.82) is 0 Å². The summed E-state index contributed by atoms with van der Waals surface area (Å²) in [6.45, 7) is 6.32. The number of hydrogen-bond acceptors (Lipinski definition) is 1. The lowest BCUT2D eigenvalue weighted by Gasteiger charge is -2.24. The lowest BCUT2D eigenvalue weighted by molar-refractivity contribution is -0.111. The van der Waals surface area contributed by atoms with E-state index >= 15 is 0 Å². The molecule has 0 fully saturated rings. The molecule has 1 aromatic rings. The van der Waals surface area contributed by atoms with Gasteiger partial charge in [0.25, 0.3) is 0 Å². The molecule has 0 amide bonds. The van der Waals surface area contributed by atoms with Crippen LogP contribution in [0, 0.1) is 11.8 Å². The molecule has 0 aliphatic heterocycles. The number of aldehydes is 1. The van der Waals surface area contributed by atoms with E-state index in [0.29, 0.717) is 11.8 Å². The van der Waals surface area contributed by atoms with E-state index in [2.05, 4.69) is 26.0 Å². The minimum Gasteiger partial charge on any atom is -0.303 e. The molecule has 76 valence electrons. The van der Waals surface area contributed by atoms with Gasteiger partial charge in [-0.05, 0) is 17.4 Å². The molecule has 2 unspecified atom stereocenters. The number of carbonyl (C=O) groups is 1. The highest BCUT2D eigenvalue weighted by atomic mass is 16.1. The normalized spacial score (nSPS) is 15.1. The average Bonchev–Trinajstić information content (AvgIpc) is 2.19. The quantitative estimate of drug-likeness (QED) is 0.666. The van der Waals surface area contributed by atoms with Crippen LogP contribution >= 0.6 is 0 Å². The predicted molar refractivity (Wildman–Crippen MR) is 59.2 cm³/mol. The zero-order valence-electron chi connectivity index (χ0n) is 9.10. The summed E-state index contributed by atoms with van der Waals surface area (Å²) >= 11 is 0. The lowest BCUT2D eigenvalue weighted by atomic mass is 9.80. The topological polar surface area (TPSA) is 17.1 Å². The van der Waals surface area contributed by atoms with Crippen LogP contribution in [0.1, 0.15) is 32.3 Å². The third kappa shape index (κ3) is 2.44. The molecule has 1 nitrogen and oxygen atoms in total. The largest absolute Gasteiger partial charge is 0.303 e. The van der Waals surface area contributed by atoms with Crippen LogP contribution in [-0.2, 0) is 4.79 Å². The van der Waals surface area contributed by atoms with Gasteiger partial charge in [0.05, 0.1) is 0 Å². The highest BCUT2D eigenvalue weighted by Gasteiger charge is 2.21. The van der Waals surface area contributed by atoms with E-state index in [-0.39, 0.29) is 5.92 Å². The molecule has 14 heavy (non-hydrogen) atoms. The summed E-state index contributed by atoms with van der Waals surface area (Å²) in [5.74, 6) is 0.934. The van der Waals surface area contributed by atoms with Gasteiger partial charge in [-0.25, -0.2) is 0 Å². The van der Waals surface area contributed by atoms with Gasteiger partial charge in [0, 0.05) is 5.92 Å². The van der Waals surface area contributed by atoms with Gasteiger partial charge in [-0.15, -0.1) is 0 Å². The van der Waals surface area contributed by atoms with E-state index in [1.54, 1.807) is 0 Å². The maximum atomic E-state index is 10.8. The maximum Gasteiger partial charge on any atom is 0.123 e. The summed E-state index contributed by atoms with van der Waals surface area (Å²) in [5.41, 5.74) is 1.27. The molecule has 0 aliphatic carbocycles. The molecule has 1 aromatic carbocycles. The second kappa shape index (κ2) is 4.94. The first-order valence-electron chi connectivity index (χ1n) is 5.17. The zero-order chi connectivity index (χ0) is 10.6. The number of rotatable bonds is 4. The van der Waals surface area contributed by atoms with Gasteiger partial charge in [0.15, 0.2) is 0 Å². The third-order valence-electron chi connectivity index (χ3n) is 2.68. The minimum atomic E-state index is 0.0948. The van der Waals surface area contributed by atoms with E-state index in [9.17, 15) is 4.79 Å². The summed E-state index contributed by atoms with van der Waals surface area (Å²) in [5, 5.41) is 0. The average molecular weight is 190 g/mol. The third-order valence-corrected chi connectivity index (χ3v) is 2.68. The Hall–Kier alpha value is -1.11. The molecular formula is C13H18O. The number of carbonyl (C=O) groups excluding carboxylic acids is 1. The molecule has 1 heteroatoms. The van der Waals surface area contributed by atoms with Crippen molar-refractivity contribution in [2.45, 2.75) is 26.7 Å². The molecule has 0 aromatic heterocycles. The molecule has 0 bridgehead atoms. The zero-order valence-corrected chi connectivity index (χ0v) is 9.10. The van der Waals surface area contributed by atoms with Gasteiger partial charge < -0.3 is 4.79 Å². The fraction of sp³-hybridized carbons (Fsp3) is 0.462. The van der Waals surface area contributed by atoms with E-state index < -0.39 is 0 Å². The highest BCUT2D eigenvalue weighted by Crippen LogP contribution is 2.30. The molecule has 2 atom stereocenters. The Morgan fingerprint density at radius 2 is 1.64 bits per heavy atom. The first kappa shape index (κ1) is 11.0. The molecule has 0 aliphatic rings. The minimum absolute atomic E-state index is 0.0948. The first-order valence-corrected chi connectivity index (χ1v) is 5.17. The van der Waals surface area contributed by atoms with Crippen molar-refractivity contribution in [1.82, 2.24) is 0 Å². The molecule has 0 heterocycles. The summed E-state index contributed by atoms with van der Waals surface area (Å²) < 4.78 is 0. The lowest BCUT2D eigenvalue weighted by Crippen LogP contribution is -2.16. The van der Waals surface area contributed by atoms with Crippen molar-refractivity contribution in [3.05, 3.63) is 35.9 Å². The van der Waals surface area contributed by atoms with Crippen LogP contribution in [0.5, 0.6) is 0 Å². The Kier molecular flexibility index (Phi) is 3.87. The monoisotopic (exact) mass is 190 g/mol. The Bertz CT molecular complexity index is 277. The van der Waals surface area contributed by atoms with Gasteiger partial charge in [-0.3, -0.25) is 0 Å². The summed E-state index contributed by atoms with van der Waals surface area (Å²) in [6.07, 6.45) is 1.05. The summed E-state index contributed by atoms with van der Waals surface area (Å²) in [6, 6.07) is 10.3. The van der Waals surface area contributed by atoms with Crippen molar-refractivity contribution in [3.63, 3.8) is 0 Å². The van der Waals surface area contributed by atoms with Crippen molar-refractivity contribution in [2.75, 3.05) is 0 Å². The van der Waals surface area contributed by atoms with Crippen molar-refractivity contribution < 1.29 is 4.79 Å². The van der Waals surface area contributed by atoms with Crippen LogP contribution in [0.25, 0.3) is 0 Å². The van der Waals surface area contributed by atoms with Crippen molar-refractivity contribution in [2.24, 2.45) is 11.8 Å². The second-order valence-corrected chi connectivity index (χ2v) is 4.18. The first-order chi connectivity index (χ1) is 6.66. The predicted octanol–water partition coefficient (Wildman–Crippen LogP) is 3.26. The van der Waals surface area contributed by atoms with E-state index in [4.69, 9.17) is 0 Å². The summed E-state index contributed by atoms with van der Waals surface area (Å²) in [4.78, 5) is 10.8. The van der Waals surface area contributed by atoms with Crippen LogP contribution in [-0.4, -0.2) is 6.29 Å². The molecule has 1 rings (SSSR count). The van der Waals surface area contributed by atoms with Gasteiger partial charge in [-0.2, -0.15) is 0 Å². The van der Waals surface area contributed by atoms with Gasteiger partial charge in [0.1, 0.15) is 6.29 Å². The van der Waals surface area contributed by atoms with E-state index in [0.717, 1.165) is 6.29 Å². The Morgan fingerprint density at radius 3 is 2.07 bits per heavy atom. The SMILES string of the molecule is CC(C)C(c1ccccc1)C(C)C=O. The molecule has 0 N–H and O–H groups in total. The maximum absolute atomic E-state index is 10.8. The van der Waals surface area contributed by atoms with Crippen molar-refractivity contribution >= 4 is 6.29 Å². The highest BCUT2D eigenvalue weighted by molar-refractivity contribution is 5.55. The van der Waals surface area contributed by atoms with Crippen molar-refractivity contribution in [3.8, 4) is 0 Å². The van der Waals surface area contributed by atoms with Gasteiger partial charge >= 0.3 is 0 Å². The Morgan fingerprint density at radius 1 is 1.07 bits per heavy atom. The van der Waals surface area contributed by atoms with Crippen LogP contribution in [0.4, 0.5) is 0 Å². The second-order valence-electron chi connectivity index (χ2n) is 4.18. The Balaban J connectivity index is 2.94. The van der Waals surface area contributed by atoms with Crippen LogP contribution in [0.3, 0.4) is 0 Å². The van der Waals surface area contributed by atoms with Crippen LogP contribution < -0.4 is 0 Å². The smallest absolute Gasteiger partial charge is 0.123 e. The van der Waals surface area contributed by atoms with Gasteiger partial charge in [-0.1, -0.05) is 51.1 Å². The number of benzene rings is 1. The van der Waals surface area contributed by atoms with Gasteiger partial charge in [0.2, 0.25) is 0 Å². The Labute approximate surface area is 86.1 Å². The van der Waals surface area contributed by atoms with E-state index in [1.807, 2.05) is 25.1 Å². The van der Waals surface area contributed by atoms with Crippen LogP contribution in [0.15, 0.2) is 30.3 Å². The van der Waals surface area contributed by atoms with E-state index in [1.165, 1.54) is 5.56 Å². The molecule has 0 radical (unpaired) electrons. The molecule has 0 saturated carbocycles. The standard InChI is InChI=1S/C13H18O/c1-10(2)13(11(3)9-14)12-7-5-4-6-8-12/h4-11,13H,1-3H3. The van der Waals surface area contributed by atoms with Crippen LogP contribution in [0.2, 0.25) is 0 Å². The summed E-state index contributed by atoms with van der Waals surface area (Å²) in [7, 11) is 0.